The fourth-order valence-electron chi connectivity index (χ4n) is 1.17. The van der Waals surface area contributed by atoms with Crippen LogP contribution in [-0.2, 0) is 0 Å². The van der Waals surface area contributed by atoms with Gasteiger partial charge in [-0.05, 0) is 25.5 Å². The number of amides is 3. The maximum Gasteiger partial charge on any atom is 0.330 e. The molecule has 0 aliphatic carbocycles. The largest absolute Gasteiger partial charge is 0.350 e. The van der Waals surface area contributed by atoms with Gasteiger partial charge in [-0.3, -0.25) is 10.2 Å². The highest BCUT2D eigenvalue weighted by Gasteiger charge is 2.08. The fraction of sp³-hybridized carbons (Fsp3) is 0.200. The molecule has 0 atom stereocenters. The predicted octanol–water partition coefficient (Wildman–Crippen LogP) is 0.617. The second-order valence-corrected chi connectivity index (χ2v) is 3.26. The van der Waals surface area contributed by atoms with Gasteiger partial charge in [-0.1, -0.05) is 17.7 Å². The number of carbonyl (C=O) groups is 2. The molecule has 0 saturated carbocycles. The molecule has 3 amide bonds. The minimum atomic E-state index is -0.798. The SMILES string of the molecule is Cc1ccc(C)c(C(=O)NNC(N)=O)c1. The zero-order valence-corrected chi connectivity index (χ0v) is 8.63. The van der Waals surface area contributed by atoms with E-state index < -0.39 is 6.03 Å². The van der Waals surface area contributed by atoms with Crippen LogP contribution in [0.1, 0.15) is 21.5 Å². The van der Waals surface area contributed by atoms with Gasteiger partial charge in [0.05, 0.1) is 0 Å². The Kier molecular flexibility index (Phi) is 3.28. The summed E-state index contributed by atoms with van der Waals surface area (Å²) in [6.07, 6.45) is 0. The third-order valence-corrected chi connectivity index (χ3v) is 1.94. The highest BCUT2D eigenvalue weighted by atomic mass is 16.2. The maximum atomic E-state index is 11.5. The molecule has 4 N–H and O–H groups in total. The number of rotatable bonds is 1. The van der Waals surface area contributed by atoms with E-state index >= 15 is 0 Å². The van der Waals surface area contributed by atoms with E-state index in [9.17, 15) is 9.59 Å². The maximum absolute atomic E-state index is 11.5. The lowest BCUT2D eigenvalue weighted by Crippen LogP contribution is -2.44. The van der Waals surface area contributed by atoms with Gasteiger partial charge in [0.1, 0.15) is 0 Å². The Bertz CT molecular complexity index is 402. The summed E-state index contributed by atoms with van der Waals surface area (Å²) < 4.78 is 0. The molecule has 0 aliphatic heterocycles. The van der Waals surface area contributed by atoms with Crippen LogP contribution in [0.5, 0.6) is 0 Å². The number of hydrogen-bond donors (Lipinski definition) is 3. The Morgan fingerprint density at radius 1 is 1.20 bits per heavy atom. The van der Waals surface area contributed by atoms with Gasteiger partial charge in [-0.15, -0.1) is 0 Å². The number of nitrogens with one attached hydrogen (secondary N) is 2. The van der Waals surface area contributed by atoms with Gasteiger partial charge in [0.2, 0.25) is 0 Å². The molecule has 0 fully saturated rings. The summed E-state index contributed by atoms with van der Waals surface area (Å²) in [5.41, 5.74) is 11.4. The van der Waals surface area contributed by atoms with Crippen molar-refractivity contribution in [3.05, 3.63) is 34.9 Å². The Balaban J connectivity index is 2.81. The monoisotopic (exact) mass is 207 g/mol. The molecule has 15 heavy (non-hydrogen) atoms. The average molecular weight is 207 g/mol. The zero-order chi connectivity index (χ0) is 11.4. The second-order valence-electron chi connectivity index (χ2n) is 3.26. The molecule has 80 valence electrons. The first-order chi connectivity index (χ1) is 7.00. The molecule has 5 nitrogen and oxygen atoms in total. The number of nitrogens with two attached hydrogens (primary N) is 1. The van der Waals surface area contributed by atoms with Crippen molar-refractivity contribution in [1.82, 2.24) is 10.9 Å². The van der Waals surface area contributed by atoms with Crippen LogP contribution in [0.15, 0.2) is 18.2 Å². The van der Waals surface area contributed by atoms with Gasteiger partial charge in [0, 0.05) is 5.56 Å². The number of urea groups is 1. The van der Waals surface area contributed by atoms with Crippen molar-refractivity contribution in [3.63, 3.8) is 0 Å². The highest BCUT2D eigenvalue weighted by Crippen LogP contribution is 2.09. The average Bonchev–Trinajstić information content (AvgIpc) is 2.18. The Labute approximate surface area is 87.6 Å². The number of hydrogen-bond acceptors (Lipinski definition) is 2. The van der Waals surface area contributed by atoms with Crippen LogP contribution in [-0.4, -0.2) is 11.9 Å². The van der Waals surface area contributed by atoms with Crippen molar-refractivity contribution < 1.29 is 9.59 Å². The van der Waals surface area contributed by atoms with Gasteiger partial charge < -0.3 is 5.73 Å². The van der Waals surface area contributed by atoms with Crippen LogP contribution in [0, 0.1) is 13.8 Å². The van der Waals surface area contributed by atoms with E-state index in [0.29, 0.717) is 5.56 Å². The van der Waals surface area contributed by atoms with Crippen molar-refractivity contribution in [2.45, 2.75) is 13.8 Å². The topological polar surface area (TPSA) is 84.2 Å². The summed E-state index contributed by atoms with van der Waals surface area (Å²) >= 11 is 0. The Morgan fingerprint density at radius 3 is 2.47 bits per heavy atom. The summed E-state index contributed by atoms with van der Waals surface area (Å²) in [5.74, 6) is -0.380. The molecular weight excluding hydrogens is 194 g/mol. The number of hydrazine groups is 1. The van der Waals surface area contributed by atoms with Gasteiger partial charge in [-0.25, -0.2) is 10.2 Å². The van der Waals surface area contributed by atoms with E-state index in [1.165, 1.54) is 0 Å². The van der Waals surface area contributed by atoms with E-state index in [-0.39, 0.29) is 5.91 Å². The first-order valence-electron chi connectivity index (χ1n) is 4.43. The quantitative estimate of drug-likeness (QED) is 0.590. The Morgan fingerprint density at radius 2 is 1.87 bits per heavy atom. The number of benzene rings is 1. The molecule has 0 radical (unpaired) electrons. The Hall–Kier alpha value is -2.04. The van der Waals surface area contributed by atoms with Crippen molar-refractivity contribution in [2.24, 2.45) is 5.73 Å². The summed E-state index contributed by atoms with van der Waals surface area (Å²) in [4.78, 5) is 21.9. The number of primary amides is 1. The third kappa shape index (κ3) is 2.98. The van der Waals surface area contributed by atoms with Crippen LogP contribution >= 0.6 is 0 Å². The summed E-state index contributed by atoms with van der Waals surface area (Å²) in [5, 5.41) is 0. The van der Waals surface area contributed by atoms with Gasteiger partial charge in [0.15, 0.2) is 0 Å². The molecule has 0 unspecified atom stereocenters. The second kappa shape index (κ2) is 4.45. The normalized spacial score (nSPS) is 9.47. The molecule has 1 rings (SSSR count). The van der Waals surface area contributed by atoms with Crippen LogP contribution in [0.25, 0.3) is 0 Å². The molecule has 1 aromatic rings. The summed E-state index contributed by atoms with van der Waals surface area (Å²) in [7, 11) is 0. The fourth-order valence-corrected chi connectivity index (χ4v) is 1.17. The molecule has 5 heteroatoms. The molecule has 0 saturated heterocycles. The molecular formula is C10H13N3O2. The standard InChI is InChI=1S/C10H13N3O2/c1-6-3-4-7(2)8(5-6)9(14)12-13-10(11)15/h3-5H,1-2H3,(H,12,14)(H3,11,13,15). The van der Waals surface area contributed by atoms with Crippen molar-refractivity contribution in [1.29, 1.82) is 0 Å². The lowest BCUT2D eigenvalue weighted by molar-refractivity contribution is 0.0936. The van der Waals surface area contributed by atoms with Gasteiger partial charge in [0.25, 0.3) is 5.91 Å². The van der Waals surface area contributed by atoms with E-state index in [0.717, 1.165) is 11.1 Å². The van der Waals surface area contributed by atoms with Crippen molar-refractivity contribution in [3.8, 4) is 0 Å². The van der Waals surface area contributed by atoms with Crippen LogP contribution < -0.4 is 16.6 Å². The van der Waals surface area contributed by atoms with Crippen LogP contribution in [0.2, 0.25) is 0 Å². The van der Waals surface area contributed by atoms with E-state index in [1.54, 1.807) is 6.07 Å². The highest BCUT2D eigenvalue weighted by molar-refractivity contribution is 5.96. The number of carbonyl (C=O) groups excluding carboxylic acids is 2. The van der Waals surface area contributed by atoms with E-state index in [4.69, 9.17) is 5.73 Å². The van der Waals surface area contributed by atoms with Gasteiger partial charge >= 0.3 is 6.03 Å². The van der Waals surface area contributed by atoms with E-state index in [1.807, 2.05) is 31.4 Å². The van der Waals surface area contributed by atoms with Crippen LogP contribution in [0.3, 0.4) is 0 Å². The lowest BCUT2D eigenvalue weighted by Gasteiger charge is -2.07. The summed E-state index contributed by atoms with van der Waals surface area (Å²) in [6.45, 7) is 3.70. The molecule has 0 aromatic heterocycles. The van der Waals surface area contributed by atoms with Crippen LogP contribution in [0.4, 0.5) is 4.79 Å². The predicted molar refractivity (Wildman–Crippen MR) is 56.1 cm³/mol. The van der Waals surface area contributed by atoms with E-state index in [2.05, 4.69) is 5.43 Å². The molecule has 0 bridgehead atoms. The molecule has 1 aromatic carbocycles. The lowest BCUT2D eigenvalue weighted by atomic mass is 10.1. The van der Waals surface area contributed by atoms with Gasteiger partial charge in [-0.2, -0.15) is 0 Å². The smallest absolute Gasteiger partial charge is 0.330 e. The number of aryl methyl sites for hydroxylation is 2. The zero-order valence-electron chi connectivity index (χ0n) is 8.63. The minimum absolute atomic E-state index is 0.380. The third-order valence-electron chi connectivity index (χ3n) is 1.94. The molecule has 0 aliphatic rings. The molecule has 0 spiro atoms. The summed E-state index contributed by atoms with van der Waals surface area (Å²) in [6, 6.07) is 4.70. The van der Waals surface area contributed by atoms with Crippen molar-refractivity contribution in [2.75, 3.05) is 0 Å². The molecule has 0 heterocycles. The first-order valence-corrected chi connectivity index (χ1v) is 4.43. The van der Waals surface area contributed by atoms with Crippen molar-refractivity contribution >= 4 is 11.9 Å². The minimum Gasteiger partial charge on any atom is -0.350 e. The first kappa shape index (κ1) is 11.0.